The summed E-state index contributed by atoms with van der Waals surface area (Å²) < 4.78 is 27.4. The number of hydrogen-bond acceptors (Lipinski definition) is 7. The van der Waals surface area contributed by atoms with Crippen LogP contribution < -0.4 is 10.6 Å². The highest BCUT2D eigenvalue weighted by molar-refractivity contribution is 7.93. The Kier molecular flexibility index (Phi) is 7.51. The van der Waals surface area contributed by atoms with E-state index in [1.165, 1.54) is 11.3 Å². The van der Waals surface area contributed by atoms with Crippen molar-refractivity contribution < 1.29 is 18.0 Å². The molecule has 0 bridgehead atoms. The van der Waals surface area contributed by atoms with Gasteiger partial charge in [-0.2, -0.15) is 0 Å². The summed E-state index contributed by atoms with van der Waals surface area (Å²) in [6.07, 6.45) is 3.61. The number of fused-ring (bicyclic) bond motifs is 1. The van der Waals surface area contributed by atoms with E-state index in [0.717, 1.165) is 45.5 Å². The zero-order valence-electron chi connectivity index (χ0n) is 22.0. The highest BCUT2D eigenvalue weighted by atomic mass is 32.2. The fourth-order valence-corrected chi connectivity index (χ4v) is 7.09. The number of benzene rings is 2. The molecule has 8 nitrogen and oxygen atoms in total. The molecular weight excluding hydrogens is 532 g/mol. The number of thiazole rings is 1. The van der Waals surface area contributed by atoms with Crippen LogP contribution in [0.15, 0.2) is 60.8 Å². The van der Waals surface area contributed by atoms with Crippen LogP contribution in [0.4, 0.5) is 0 Å². The molecule has 0 saturated heterocycles. The van der Waals surface area contributed by atoms with E-state index in [1.54, 1.807) is 20.0 Å². The molecule has 202 valence electrons. The van der Waals surface area contributed by atoms with E-state index in [1.807, 2.05) is 61.5 Å². The fraction of sp³-hybridized carbons (Fsp3) is 0.310. The Morgan fingerprint density at radius 1 is 1.05 bits per heavy atom. The van der Waals surface area contributed by atoms with E-state index >= 15 is 0 Å². The molecule has 1 aliphatic rings. The minimum absolute atomic E-state index is 0.150. The number of aromatic nitrogens is 2. The van der Waals surface area contributed by atoms with Gasteiger partial charge in [0.15, 0.2) is 15.1 Å². The number of pyridine rings is 1. The van der Waals surface area contributed by atoms with Crippen molar-refractivity contribution in [3.05, 3.63) is 71.4 Å². The Morgan fingerprint density at radius 3 is 2.41 bits per heavy atom. The zero-order valence-corrected chi connectivity index (χ0v) is 23.6. The van der Waals surface area contributed by atoms with Gasteiger partial charge >= 0.3 is 0 Å². The van der Waals surface area contributed by atoms with Crippen molar-refractivity contribution in [1.29, 1.82) is 0 Å². The number of nitrogens with zero attached hydrogens (tertiary/aromatic N) is 2. The number of carbonyl (C=O) groups is 2. The van der Waals surface area contributed by atoms with Crippen LogP contribution in [0, 0.1) is 6.92 Å². The second kappa shape index (κ2) is 10.9. The largest absolute Gasteiger partial charge is 0.352 e. The third kappa shape index (κ3) is 5.86. The third-order valence-corrected chi connectivity index (χ3v) is 10.4. The lowest BCUT2D eigenvalue weighted by Crippen LogP contribution is -2.42. The van der Waals surface area contributed by atoms with E-state index in [0.29, 0.717) is 5.52 Å². The Morgan fingerprint density at radius 2 is 1.77 bits per heavy atom. The molecule has 2 amide bonds. The predicted molar refractivity (Wildman–Crippen MR) is 154 cm³/mol. The molecule has 0 radical (unpaired) electrons. The molecule has 1 atom stereocenters. The highest BCUT2D eigenvalue weighted by Gasteiger charge is 2.39. The van der Waals surface area contributed by atoms with Gasteiger partial charge in [0.05, 0.1) is 27.7 Å². The summed E-state index contributed by atoms with van der Waals surface area (Å²) >= 11 is 1.19. The summed E-state index contributed by atoms with van der Waals surface area (Å²) in [4.78, 5) is 34.3. The van der Waals surface area contributed by atoms with Gasteiger partial charge in [0.1, 0.15) is 5.01 Å². The molecule has 1 fully saturated rings. The Labute approximate surface area is 231 Å². The van der Waals surface area contributed by atoms with Crippen LogP contribution in [0.1, 0.15) is 42.5 Å². The molecule has 1 aliphatic carbocycles. The van der Waals surface area contributed by atoms with E-state index < -0.39 is 26.2 Å². The van der Waals surface area contributed by atoms with Crippen LogP contribution >= 0.6 is 11.3 Å². The molecule has 2 aromatic carbocycles. The third-order valence-electron chi connectivity index (χ3n) is 6.72. The molecule has 2 heterocycles. The summed E-state index contributed by atoms with van der Waals surface area (Å²) in [6.45, 7) is 4.79. The number of rotatable bonds is 9. The van der Waals surface area contributed by atoms with Crippen molar-refractivity contribution >= 4 is 43.2 Å². The molecule has 0 aliphatic heterocycles. The van der Waals surface area contributed by atoms with E-state index in [-0.39, 0.29) is 23.5 Å². The van der Waals surface area contributed by atoms with Gasteiger partial charge < -0.3 is 10.6 Å². The maximum Gasteiger partial charge on any atom is 0.245 e. The lowest BCUT2D eigenvalue weighted by molar-refractivity contribution is -0.126. The number of sulfone groups is 1. The van der Waals surface area contributed by atoms with Gasteiger partial charge in [-0.15, -0.1) is 11.3 Å². The van der Waals surface area contributed by atoms with Gasteiger partial charge in [-0.05, 0) is 74.6 Å². The first-order chi connectivity index (χ1) is 18.6. The van der Waals surface area contributed by atoms with Crippen LogP contribution in [0.25, 0.3) is 32.6 Å². The van der Waals surface area contributed by atoms with Gasteiger partial charge in [0, 0.05) is 17.8 Å². The van der Waals surface area contributed by atoms with Crippen molar-refractivity contribution in [2.45, 2.75) is 50.2 Å². The van der Waals surface area contributed by atoms with Gasteiger partial charge in [0.2, 0.25) is 11.8 Å². The van der Waals surface area contributed by atoms with Crippen molar-refractivity contribution in [2.75, 3.05) is 6.54 Å². The topological polar surface area (TPSA) is 118 Å². The van der Waals surface area contributed by atoms with Crippen LogP contribution in [-0.4, -0.2) is 48.0 Å². The molecule has 2 aromatic heterocycles. The summed E-state index contributed by atoms with van der Waals surface area (Å²) in [5.41, 5.74) is 5.52. The summed E-state index contributed by atoms with van der Waals surface area (Å²) in [6, 6.07) is 18.0. The maximum atomic E-state index is 13.3. The first kappa shape index (κ1) is 27.0. The van der Waals surface area contributed by atoms with Crippen LogP contribution in [0.5, 0.6) is 0 Å². The van der Waals surface area contributed by atoms with Crippen LogP contribution in [0.2, 0.25) is 0 Å². The molecule has 2 N–H and O–H groups in total. The molecule has 5 rings (SSSR count). The Bertz CT molecular complexity index is 1630. The Balaban J connectivity index is 1.45. The zero-order chi connectivity index (χ0) is 27.7. The van der Waals surface area contributed by atoms with Crippen molar-refractivity contribution in [2.24, 2.45) is 0 Å². The predicted octanol–water partition coefficient (Wildman–Crippen LogP) is 4.59. The number of aryl methyl sites for hydroxylation is 1. The number of hydrogen-bond donors (Lipinski definition) is 2. The Hall–Kier alpha value is -3.63. The average Bonchev–Trinajstić information content (AvgIpc) is 3.64. The van der Waals surface area contributed by atoms with E-state index in [4.69, 9.17) is 0 Å². The lowest BCUT2D eigenvalue weighted by atomic mass is 9.98. The molecule has 10 heteroatoms. The minimum Gasteiger partial charge on any atom is -0.352 e. The first-order valence-electron chi connectivity index (χ1n) is 12.9. The van der Waals surface area contributed by atoms with Gasteiger partial charge in [-0.1, -0.05) is 30.3 Å². The second-order valence-electron chi connectivity index (χ2n) is 10.1. The normalized spacial score (nSPS) is 14.4. The standard InChI is InChI=1S/C29H30N4O4S2/c1-17(2)39(36,37)27(28(35)31-16-26(34)32-21-11-12-21)29-33-24-14-18(3)22(15-25(24)38-29)19-7-9-20(10-8-19)23-6-4-5-13-30-23/h4-10,13-15,17,21,27H,11-12,16H2,1-3H3,(H,31,35)(H,32,34). The van der Waals surface area contributed by atoms with Gasteiger partial charge in [-0.3, -0.25) is 14.6 Å². The average molecular weight is 563 g/mol. The van der Waals surface area contributed by atoms with Crippen molar-refractivity contribution in [3.8, 4) is 22.4 Å². The molecule has 1 unspecified atom stereocenters. The van der Waals surface area contributed by atoms with E-state index in [2.05, 4.69) is 20.6 Å². The van der Waals surface area contributed by atoms with Gasteiger partial charge in [-0.25, -0.2) is 13.4 Å². The molecule has 1 saturated carbocycles. The quantitative estimate of drug-likeness (QED) is 0.308. The SMILES string of the molecule is Cc1cc2nc(C(C(=O)NCC(=O)NC3CC3)S(=O)(=O)C(C)C)sc2cc1-c1ccc(-c2ccccn2)cc1. The van der Waals surface area contributed by atoms with Crippen molar-refractivity contribution in [1.82, 2.24) is 20.6 Å². The summed E-state index contributed by atoms with van der Waals surface area (Å²) in [5.74, 6) is -1.07. The monoisotopic (exact) mass is 562 g/mol. The lowest BCUT2D eigenvalue weighted by Gasteiger charge is -2.17. The number of amides is 2. The second-order valence-corrected chi connectivity index (χ2v) is 13.7. The highest BCUT2D eigenvalue weighted by Crippen LogP contribution is 2.37. The van der Waals surface area contributed by atoms with Crippen LogP contribution in [0.3, 0.4) is 0 Å². The van der Waals surface area contributed by atoms with Crippen molar-refractivity contribution in [3.63, 3.8) is 0 Å². The summed E-state index contributed by atoms with van der Waals surface area (Å²) in [5, 5.41) is 3.21. The molecule has 39 heavy (non-hydrogen) atoms. The molecular formula is C29H30N4O4S2. The number of carbonyl (C=O) groups excluding carboxylic acids is 2. The molecule has 0 spiro atoms. The molecule has 4 aromatic rings. The smallest absolute Gasteiger partial charge is 0.245 e. The summed E-state index contributed by atoms with van der Waals surface area (Å²) in [7, 11) is -3.90. The van der Waals surface area contributed by atoms with Gasteiger partial charge in [0.25, 0.3) is 0 Å². The van der Waals surface area contributed by atoms with Crippen LogP contribution in [-0.2, 0) is 19.4 Å². The first-order valence-corrected chi connectivity index (χ1v) is 15.3. The van der Waals surface area contributed by atoms with E-state index in [9.17, 15) is 18.0 Å². The fourth-order valence-electron chi connectivity index (χ4n) is 4.31. The minimum atomic E-state index is -3.90. The maximum absolute atomic E-state index is 13.3. The number of nitrogens with one attached hydrogen (secondary N) is 2.